The van der Waals surface area contributed by atoms with Gasteiger partial charge in [0.15, 0.2) is 12.4 Å². The smallest absolute Gasteiger partial charge is 0.341 e. The van der Waals surface area contributed by atoms with E-state index in [-0.39, 0.29) is 12.5 Å². The molecule has 28 heavy (non-hydrogen) atoms. The first-order chi connectivity index (χ1) is 13.5. The van der Waals surface area contributed by atoms with E-state index in [1.54, 1.807) is 24.1 Å². The fraction of sp³-hybridized carbons (Fsp3) is 0.500. The molecular formula is C20H25N3O5. The number of carboxylic acids is 1. The highest BCUT2D eigenvalue weighted by molar-refractivity contribution is 5.76. The minimum atomic E-state index is -1.02. The summed E-state index contributed by atoms with van der Waals surface area (Å²) in [5.41, 5.74) is 0.930. The molecule has 1 N–H and O–H groups in total. The van der Waals surface area contributed by atoms with E-state index >= 15 is 0 Å². The van der Waals surface area contributed by atoms with Gasteiger partial charge in [0, 0.05) is 32.4 Å². The molecule has 1 amide bonds. The minimum absolute atomic E-state index is 0.00757. The molecular weight excluding hydrogens is 362 g/mol. The maximum atomic E-state index is 12.4. The Bertz CT molecular complexity index is 796. The van der Waals surface area contributed by atoms with Crippen LogP contribution < -0.4 is 4.74 Å². The van der Waals surface area contributed by atoms with Crippen LogP contribution in [0, 0.1) is 0 Å². The molecule has 8 heteroatoms. The molecule has 0 spiro atoms. The van der Waals surface area contributed by atoms with E-state index in [9.17, 15) is 9.59 Å². The zero-order valence-electron chi connectivity index (χ0n) is 16.0. The van der Waals surface area contributed by atoms with Crippen LogP contribution in [0.3, 0.4) is 0 Å². The predicted molar refractivity (Wildman–Crippen MR) is 99.9 cm³/mol. The van der Waals surface area contributed by atoms with Crippen molar-refractivity contribution in [1.29, 1.82) is 0 Å². The lowest BCUT2D eigenvalue weighted by atomic mass is 10.1. The molecule has 1 aliphatic carbocycles. The van der Waals surface area contributed by atoms with Crippen LogP contribution in [-0.2, 0) is 22.6 Å². The van der Waals surface area contributed by atoms with Gasteiger partial charge in [-0.15, -0.1) is 0 Å². The second-order valence-corrected chi connectivity index (χ2v) is 7.10. The second-order valence-electron chi connectivity index (χ2n) is 7.10. The first-order valence-corrected chi connectivity index (χ1v) is 9.51. The van der Waals surface area contributed by atoms with Crippen LogP contribution in [0.4, 0.5) is 0 Å². The van der Waals surface area contributed by atoms with Crippen molar-refractivity contribution in [3.05, 3.63) is 41.5 Å². The normalized spacial score (nSPS) is 14.2. The highest BCUT2D eigenvalue weighted by atomic mass is 16.5. The third kappa shape index (κ3) is 5.55. The molecule has 1 aromatic heterocycles. The highest BCUT2D eigenvalue weighted by Crippen LogP contribution is 2.32. The Hall–Kier alpha value is -2.90. The van der Waals surface area contributed by atoms with Crippen molar-refractivity contribution >= 4 is 11.9 Å². The number of carbonyl (C=O) groups excluding carboxylic acids is 1. The molecule has 1 aromatic carbocycles. The summed E-state index contributed by atoms with van der Waals surface area (Å²) in [7, 11) is 1.74. The summed E-state index contributed by atoms with van der Waals surface area (Å²) in [5.74, 6) is 1.15. The molecule has 0 unspecified atom stereocenters. The number of hydrogen-bond donors (Lipinski definition) is 1. The van der Waals surface area contributed by atoms with E-state index in [4.69, 9.17) is 14.4 Å². The number of carboxylic acid groups (broad SMARTS) is 1. The van der Waals surface area contributed by atoms with Gasteiger partial charge in [0.05, 0.1) is 0 Å². The van der Waals surface area contributed by atoms with Gasteiger partial charge in [0.2, 0.25) is 11.8 Å². The number of ether oxygens (including phenoxy) is 1. The molecule has 0 bridgehead atoms. The van der Waals surface area contributed by atoms with Crippen molar-refractivity contribution in [1.82, 2.24) is 15.0 Å². The van der Waals surface area contributed by atoms with E-state index in [1.807, 2.05) is 12.1 Å². The first-order valence-electron chi connectivity index (χ1n) is 9.51. The van der Waals surface area contributed by atoms with Crippen LogP contribution in [0.5, 0.6) is 5.75 Å². The Kier molecular flexibility index (Phi) is 6.62. The van der Waals surface area contributed by atoms with Gasteiger partial charge in [-0.2, -0.15) is 4.98 Å². The van der Waals surface area contributed by atoms with Crippen LogP contribution in [0.2, 0.25) is 0 Å². The van der Waals surface area contributed by atoms with Gasteiger partial charge in [-0.05, 0) is 30.5 Å². The topological polar surface area (TPSA) is 106 Å². The van der Waals surface area contributed by atoms with Gasteiger partial charge in [0.25, 0.3) is 0 Å². The lowest BCUT2D eigenvalue weighted by molar-refractivity contribution is -0.139. The van der Waals surface area contributed by atoms with E-state index in [2.05, 4.69) is 10.1 Å². The molecule has 1 aliphatic rings. The molecule has 150 valence electrons. The summed E-state index contributed by atoms with van der Waals surface area (Å²) >= 11 is 0. The van der Waals surface area contributed by atoms with Gasteiger partial charge in [0.1, 0.15) is 5.75 Å². The molecule has 1 fully saturated rings. The number of aliphatic carboxylic acids is 1. The summed E-state index contributed by atoms with van der Waals surface area (Å²) < 4.78 is 10.4. The molecule has 3 rings (SSSR count). The standard InChI is InChI=1S/C20H25N3O5/c1-23(12-14-6-8-16(9-7-14)27-13-19(25)26)18(24)11-10-17-21-20(22-28-17)15-4-2-3-5-15/h6-9,15H,2-5,10-13H2,1H3,(H,25,26). The molecule has 1 heterocycles. The van der Waals surface area contributed by atoms with Crippen molar-refractivity contribution in [2.75, 3.05) is 13.7 Å². The molecule has 0 saturated heterocycles. The SMILES string of the molecule is CN(Cc1ccc(OCC(=O)O)cc1)C(=O)CCc1nc(C2CCCC2)no1. The highest BCUT2D eigenvalue weighted by Gasteiger charge is 2.22. The Morgan fingerprint density at radius 2 is 1.96 bits per heavy atom. The van der Waals surface area contributed by atoms with E-state index in [0.717, 1.165) is 24.2 Å². The number of hydrogen-bond acceptors (Lipinski definition) is 6. The Morgan fingerprint density at radius 1 is 1.25 bits per heavy atom. The average molecular weight is 387 g/mol. The fourth-order valence-electron chi connectivity index (χ4n) is 3.32. The van der Waals surface area contributed by atoms with Gasteiger partial charge >= 0.3 is 5.97 Å². The molecule has 8 nitrogen and oxygen atoms in total. The average Bonchev–Trinajstić information content (AvgIpc) is 3.37. The zero-order chi connectivity index (χ0) is 19.9. The molecule has 0 atom stereocenters. The van der Waals surface area contributed by atoms with Crippen LogP contribution in [0.15, 0.2) is 28.8 Å². The lowest BCUT2D eigenvalue weighted by Gasteiger charge is -2.17. The summed E-state index contributed by atoms with van der Waals surface area (Å²) in [4.78, 5) is 29.0. The first kappa shape index (κ1) is 19.9. The van der Waals surface area contributed by atoms with Crippen LogP contribution >= 0.6 is 0 Å². The minimum Gasteiger partial charge on any atom is -0.482 e. The number of nitrogens with zero attached hydrogens (tertiary/aromatic N) is 3. The van der Waals surface area contributed by atoms with Gasteiger partial charge in [-0.25, -0.2) is 4.79 Å². The van der Waals surface area contributed by atoms with Crippen LogP contribution in [0.25, 0.3) is 0 Å². The van der Waals surface area contributed by atoms with Gasteiger partial charge in [-0.1, -0.05) is 30.1 Å². The maximum Gasteiger partial charge on any atom is 0.341 e. The lowest BCUT2D eigenvalue weighted by Crippen LogP contribution is -2.26. The quantitative estimate of drug-likeness (QED) is 0.705. The summed E-state index contributed by atoms with van der Waals surface area (Å²) in [5, 5.41) is 12.7. The van der Waals surface area contributed by atoms with E-state index in [0.29, 0.717) is 36.9 Å². The largest absolute Gasteiger partial charge is 0.482 e. The number of carbonyl (C=O) groups is 2. The molecule has 2 aromatic rings. The summed E-state index contributed by atoms with van der Waals surface area (Å²) in [6.07, 6.45) is 5.39. The number of aromatic nitrogens is 2. The van der Waals surface area contributed by atoms with E-state index < -0.39 is 5.97 Å². The number of aryl methyl sites for hydroxylation is 1. The number of benzene rings is 1. The number of rotatable bonds is 9. The van der Waals surface area contributed by atoms with Gasteiger partial charge < -0.3 is 19.3 Å². The van der Waals surface area contributed by atoms with Crippen LogP contribution in [0.1, 0.15) is 55.3 Å². The maximum absolute atomic E-state index is 12.4. The molecule has 0 aliphatic heterocycles. The second kappa shape index (κ2) is 9.34. The number of amides is 1. The zero-order valence-corrected chi connectivity index (χ0v) is 16.0. The summed E-state index contributed by atoms with van der Waals surface area (Å²) in [6.45, 7) is 0.0745. The Morgan fingerprint density at radius 3 is 2.64 bits per heavy atom. The summed E-state index contributed by atoms with van der Waals surface area (Å²) in [6, 6.07) is 7.01. The van der Waals surface area contributed by atoms with Crippen molar-refractivity contribution in [2.45, 2.75) is 51.0 Å². The van der Waals surface area contributed by atoms with Crippen molar-refractivity contribution in [3.63, 3.8) is 0 Å². The van der Waals surface area contributed by atoms with Gasteiger partial charge in [-0.3, -0.25) is 4.79 Å². The third-order valence-corrected chi connectivity index (χ3v) is 4.89. The third-order valence-electron chi connectivity index (χ3n) is 4.89. The predicted octanol–water partition coefficient (Wildman–Crippen LogP) is 2.78. The van der Waals surface area contributed by atoms with Crippen molar-refractivity contribution in [2.24, 2.45) is 0 Å². The Balaban J connectivity index is 1.44. The monoisotopic (exact) mass is 387 g/mol. The van der Waals surface area contributed by atoms with E-state index in [1.165, 1.54) is 12.8 Å². The Labute approximate surface area is 163 Å². The van der Waals surface area contributed by atoms with Crippen molar-refractivity contribution in [3.8, 4) is 5.75 Å². The van der Waals surface area contributed by atoms with Crippen LogP contribution in [-0.4, -0.2) is 45.7 Å². The molecule has 1 saturated carbocycles. The fourth-order valence-corrected chi connectivity index (χ4v) is 3.32. The molecule has 0 radical (unpaired) electrons. The van der Waals surface area contributed by atoms with Crippen molar-refractivity contribution < 1.29 is 24.0 Å².